The molecule has 0 heterocycles. The Bertz CT molecular complexity index is 660. The molecule has 146 valence electrons. The first-order valence-electron chi connectivity index (χ1n) is 10.7. The summed E-state index contributed by atoms with van der Waals surface area (Å²) in [5, 5.41) is 6.09. The van der Waals surface area contributed by atoms with Crippen molar-refractivity contribution >= 4 is 17.5 Å². The molecule has 0 radical (unpaired) electrons. The lowest BCUT2D eigenvalue weighted by Crippen LogP contribution is -2.53. The molecule has 0 aromatic heterocycles. The van der Waals surface area contributed by atoms with Crippen LogP contribution >= 0.6 is 0 Å². The number of hydrogen-bond donors (Lipinski definition) is 2. The zero-order valence-corrected chi connectivity index (χ0v) is 16.4. The Morgan fingerprint density at radius 3 is 2.15 bits per heavy atom. The summed E-state index contributed by atoms with van der Waals surface area (Å²) >= 11 is 0. The molecule has 4 aliphatic rings. The second kappa shape index (κ2) is 7.65. The van der Waals surface area contributed by atoms with Gasteiger partial charge in [-0.25, -0.2) is 0 Å². The number of anilines is 1. The Morgan fingerprint density at radius 1 is 1.00 bits per heavy atom. The Kier molecular flexibility index (Phi) is 5.25. The fraction of sp³-hybridized carbons (Fsp3) is 0.652. The summed E-state index contributed by atoms with van der Waals surface area (Å²) in [4.78, 5) is 25.0. The number of benzene rings is 1. The Hall–Kier alpha value is -1.84. The van der Waals surface area contributed by atoms with Crippen molar-refractivity contribution in [1.82, 2.24) is 5.32 Å². The lowest BCUT2D eigenvalue weighted by Gasteiger charge is -2.55. The van der Waals surface area contributed by atoms with Gasteiger partial charge in [0.05, 0.1) is 0 Å². The van der Waals surface area contributed by atoms with E-state index in [0.717, 1.165) is 49.1 Å². The summed E-state index contributed by atoms with van der Waals surface area (Å²) in [7, 11) is 0. The third-order valence-electron chi connectivity index (χ3n) is 7.03. The number of hydrogen-bond acceptors (Lipinski definition) is 2. The predicted molar refractivity (Wildman–Crippen MR) is 107 cm³/mol. The van der Waals surface area contributed by atoms with Gasteiger partial charge in [0, 0.05) is 24.1 Å². The lowest BCUT2D eigenvalue weighted by atomic mass is 9.49. The molecule has 4 nitrogen and oxygen atoms in total. The van der Waals surface area contributed by atoms with Gasteiger partial charge in [0.15, 0.2) is 0 Å². The zero-order valence-electron chi connectivity index (χ0n) is 16.4. The average molecular weight is 369 g/mol. The van der Waals surface area contributed by atoms with Crippen molar-refractivity contribution in [2.45, 2.75) is 64.7 Å². The van der Waals surface area contributed by atoms with Crippen LogP contribution in [-0.2, 0) is 16.0 Å². The van der Waals surface area contributed by atoms with Gasteiger partial charge in [-0.2, -0.15) is 0 Å². The number of rotatable bonds is 7. The molecule has 2 amide bonds. The second-order valence-electron chi connectivity index (χ2n) is 9.16. The highest BCUT2D eigenvalue weighted by Crippen LogP contribution is 2.60. The molecule has 0 aliphatic heterocycles. The van der Waals surface area contributed by atoms with E-state index in [9.17, 15) is 9.59 Å². The first-order chi connectivity index (χ1) is 13.1. The van der Waals surface area contributed by atoms with E-state index in [0.29, 0.717) is 19.4 Å². The van der Waals surface area contributed by atoms with Crippen molar-refractivity contribution in [1.29, 1.82) is 0 Å². The SMILES string of the molecule is CCc1ccc(NC(=O)CCCNC(=O)C23CC4CC(CC(C4)C2)C3)cc1. The van der Waals surface area contributed by atoms with E-state index in [1.807, 2.05) is 24.3 Å². The summed E-state index contributed by atoms with van der Waals surface area (Å²) < 4.78 is 0. The maximum atomic E-state index is 12.9. The number of aryl methyl sites for hydroxylation is 1. The third kappa shape index (κ3) is 4.04. The molecule has 1 aromatic carbocycles. The van der Waals surface area contributed by atoms with Crippen molar-refractivity contribution in [3.8, 4) is 0 Å². The fourth-order valence-electron chi connectivity index (χ4n) is 6.07. The smallest absolute Gasteiger partial charge is 0.226 e. The van der Waals surface area contributed by atoms with Gasteiger partial charge >= 0.3 is 0 Å². The third-order valence-corrected chi connectivity index (χ3v) is 7.03. The maximum Gasteiger partial charge on any atom is 0.226 e. The van der Waals surface area contributed by atoms with Crippen molar-refractivity contribution < 1.29 is 9.59 Å². The van der Waals surface area contributed by atoms with Crippen LogP contribution in [0.5, 0.6) is 0 Å². The van der Waals surface area contributed by atoms with Crippen LogP contribution in [0, 0.1) is 23.2 Å². The van der Waals surface area contributed by atoms with Gasteiger partial charge in [0.25, 0.3) is 0 Å². The minimum Gasteiger partial charge on any atom is -0.356 e. The van der Waals surface area contributed by atoms with Crippen LogP contribution in [-0.4, -0.2) is 18.4 Å². The van der Waals surface area contributed by atoms with Gasteiger partial charge in [-0.1, -0.05) is 19.1 Å². The first-order valence-corrected chi connectivity index (χ1v) is 10.7. The van der Waals surface area contributed by atoms with E-state index in [2.05, 4.69) is 17.6 Å². The van der Waals surface area contributed by atoms with E-state index in [1.54, 1.807) is 0 Å². The van der Waals surface area contributed by atoms with Crippen molar-refractivity contribution in [3.63, 3.8) is 0 Å². The van der Waals surface area contributed by atoms with E-state index >= 15 is 0 Å². The molecule has 0 unspecified atom stereocenters. The molecule has 4 aliphatic carbocycles. The highest BCUT2D eigenvalue weighted by Gasteiger charge is 2.54. The van der Waals surface area contributed by atoms with E-state index in [1.165, 1.54) is 24.8 Å². The Morgan fingerprint density at radius 2 is 1.59 bits per heavy atom. The van der Waals surface area contributed by atoms with Crippen LogP contribution in [0.25, 0.3) is 0 Å². The molecule has 2 N–H and O–H groups in total. The highest BCUT2D eigenvalue weighted by molar-refractivity contribution is 5.90. The topological polar surface area (TPSA) is 58.2 Å². The highest BCUT2D eigenvalue weighted by atomic mass is 16.2. The van der Waals surface area contributed by atoms with E-state index < -0.39 is 0 Å². The predicted octanol–water partition coefficient (Wildman–Crippen LogP) is 4.30. The molecule has 0 spiro atoms. The number of carbonyl (C=O) groups excluding carboxylic acids is 2. The van der Waals surface area contributed by atoms with Crippen LogP contribution in [0.3, 0.4) is 0 Å². The minimum absolute atomic E-state index is 0.0169. The standard InChI is InChI=1S/C23H32N2O2/c1-2-16-5-7-20(8-6-16)25-21(26)4-3-9-24-22(27)23-13-17-10-18(14-23)12-19(11-17)15-23/h5-8,17-19H,2-4,9-15H2,1H3,(H,24,27)(H,25,26). The number of carbonyl (C=O) groups is 2. The number of nitrogens with one attached hydrogen (secondary N) is 2. The van der Waals surface area contributed by atoms with Crippen LogP contribution < -0.4 is 10.6 Å². The summed E-state index contributed by atoms with van der Waals surface area (Å²) in [6.45, 7) is 2.72. The van der Waals surface area contributed by atoms with E-state index in [4.69, 9.17) is 0 Å². The van der Waals surface area contributed by atoms with Gasteiger partial charge < -0.3 is 10.6 Å². The van der Waals surface area contributed by atoms with Crippen LogP contribution in [0.1, 0.15) is 63.9 Å². The molecule has 27 heavy (non-hydrogen) atoms. The zero-order chi connectivity index (χ0) is 18.9. The summed E-state index contributed by atoms with van der Waals surface area (Å²) in [5.74, 6) is 2.63. The molecule has 4 heteroatoms. The maximum absolute atomic E-state index is 12.9. The van der Waals surface area contributed by atoms with Gasteiger partial charge in [-0.15, -0.1) is 0 Å². The van der Waals surface area contributed by atoms with Gasteiger partial charge in [0.1, 0.15) is 0 Å². The molecule has 4 saturated carbocycles. The second-order valence-corrected chi connectivity index (χ2v) is 9.16. The van der Waals surface area contributed by atoms with Gasteiger partial charge in [-0.05, 0) is 86.8 Å². The molecule has 0 saturated heterocycles. The first kappa shape index (κ1) is 18.5. The average Bonchev–Trinajstić information content (AvgIpc) is 2.64. The largest absolute Gasteiger partial charge is 0.356 e. The van der Waals surface area contributed by atoms with Crippen molar-refractivity contribution in [2.75, 3.05) is 11.9 Å². The quantitative estimate of drug-likeness (QED) is 0.705. The van der Waals surface area contributed by atoms with Crippen molar-refractivity contribution in [3.05, 3.63) is 29.8 Å². The molecular weight excluding hydrogens is 336 g/mol. The molecule has 4 bridgehead atoms. The molecule has 4 fully saturated rings. The minimum atomic E-state index is -0.0853. The molecule has 5 rings (SSSR count). The van der Waals surface area contributed by atoms with Crippen LogP contribution in [0.15, 0.2) is 24.3 Å². The molecule has 1 aromatic rings. The Balaban J connectivity index is 1.19. The summed E-state index contributed by atoms with van der Waals surface area (Å²) in [6, 6.07) is 7.99. The molecular formula is C23H32N2O2. The monoisotopic (exact) mass is 368 g/mol. The lowest BCUT2D eigenvalue weighted by molar-refractivity contribution is -0.146. The van der Waals surface area contributed by atoms with Crippen LogP contribution in [0.2, 0.25) is 0 Å². The van der Waals surface area contributed by atoms with Crippen molar-refractivity contribution in [2.24, 2.45) is 23.2 Å². The number of amides is 2. The molecule has 0 atom stereocenters. The van der Waals surface area contributed by atoms with Gasteiger partial charge in [0.2, 0.25) is 11.8 Å². The van der Waals surface area contributed by atoms with Gasteiger partial charge in [-0.3, -0.25) is 9.59 Å². The fourth-order valence-corrected chi connectivity index (χ4v) is 6.07. The summed E-state index contributed by atoms with van der Waals surface area (Å²) in [5.41, 5.74) is 2.02. The van der Waals surface area contributed by atoms with E-state index in [-0.39, 0.29) is 17.2 Å². The Labute approximate surface area is 162 Å². The normalized spacial score (nSPS) is 30.9. The van der Waals surface area contributed by atoms with Crippen LogP contribution in [0.4, 0.5) is 5.69 Å². The summed E-state index contributed by atoms with van der Waals surface area (Å²) in [6.07, 6.45) is 9.48.